The molecule has 3 rings (SSSR count). The van der Waals surface area contributed by atoms with Crippen molar-refractivity contribution in [3.8, 4) is 0 Å². The largest absolute Gasteiger partial charge is 0.349 e. The zero-order valence-corrected chi connectivity index (χ0v) is 24.0. The summed E-state index contributed by atoms with van der Waals surface area (Å²) in [7, 11) is -20.7. The van der Waals surface area contributed by atoms with Gasteiger partial charge in [-0.05, 0) is 49.6 Å². The van der Waals surface area contributed by atoms with Crippen LogP contribution in [0, 0.1) is 6.92 Å². The van der Waals surface area contributed by atoms with Gasteiger partial charge in [-0.2, -0.15) is 16.8 Å². The highest BCUT2D eigenvalue weighted by Crippen LogP contribution is 2.36. The van der Waals surface area contributed by atoms with Crippen molar-refractivity contribution in [1.82, 2.24) is 7.42 Å². The van der Waals surface area contributed by atoms with Crippen LogP contribution in [0.2, 0.25) is 0 Å². The maximum absolute atomic E-state index is 13.7. The number of nitrogens with zero attached hydrogens (tertiary/aromatic N) is 2. The normalized spacial score (nSPS) is 14.5. The summed E-state index contributed by atoms with van der Waals surface area (Å²) in [6, 6.07) is 4.79. The molecule has 0 fully saturated rings. The average Bonchev–Trinajstić information content (AvgIpc) is 2.81. The molecule has 2 aromatic rings. The second kappa shape index (κ2) is 10.4. The first-order chi connectivity index (χ1) is 17.8. The molecule has 2 N–H and O–H groups in total. The van der Waals surface area contributed by atoms with Crippen LogP contribution < -0.4 is 0 Å². The maximum atomic E-state index is 13.7. The molecule has 0 amide bonds. The number of carbonyl (C=O) groups is 2. The van der Waals surface area contributed by atoms with Gasteiger partial charge in [-0.3, -0.25) is 18.7 Å². The van der Waals surface area contributed by atoms with E-state index in [0.717, 1.165) is 18.2 Å². The molecule has 0 bridgehead atoms. The molecule has 0 heterocycles. The Morgan fingerprint density at radius 3 is 1.64 bits per heavy atom. The number of hydrogen-bond acceptors (Lipinski definition) is 10. The summed E-state index contributed by atoms with van der Waals surface area (Å²) < 4.78 is 119. The minimum atomic E-state index is -5.34. The van der Waals surface area contributed by atoms with Crippen molar-refractivity contribution in [2.24, 2.45) is 0 Å². The van der Waals surface area contributed by atoms with E-state index in [0.29, 0.717) is 6.07 Å². The maximum Gasteiger partial charge on any atom is 0.349 e. The third-order valence-electron chi connectivity index (χ3n) is 5.73. The summed E-state index contributed by atoms with van der Waals surface area (Å²) in [4.78, 5) is 25.2. The fraction of sp³-hybridized carbons (Fsp3) is 0.333. The quantitative estimate of drug-likeness (QED) is 0.304. The molecule has 0 saturated heterocycles. The van der Waals surface area contributed by atoms with Gasteiger partial charge in [0.25, 0.3) is 20.0 Å². The lowest BCUT2D eigenvalue weighted by Crippen LogP contribution is -2.39. The van der Waals surface area contributed by atoms with Crippen molar-refractivity contribution in [2.45, 2.75) is 43.4 Å². The summed E-state index contributed by atoms with van der Waals surface area (Å²) in [5, 5.41) is 0. The molecule has 0 aliphatic heterocycles. The average molecular weight is 625 g/mol. The second-order valence-electron chi connectivity index (χ2n) is 8.46. The van der Waals surface area contributed by atoms with Gasteiger partial charge in [0.2, 0.25) is 0 Å². The Morgan fingerprint density at radius 1 is 0.667 bits per heavy atom. The van der Waals surface area contributed by atoms with Crippen LogP contribution in [-0.2, 0) is 40.7 Å². The van der Waals surface area contributed by atoms with Gasteiger partial charge in [0.05, 0.1) is 15.4 Å². The van der Waals surface area contributed by atoms with E-state index in [-0.39, 0.29) is 31.4 Å². The van der Waals surface area contributed by atoms with Crippen molar-refractivity contribution in [3.63, 3.8) is 0 Å². The zero-order valence-electron chi connectivity index (χ0n) is 20.7. The molecule has 0 saturated carbocycles. The van der Waals surface area contributed by atoms with Gasteiger partial charge in [-0.25, -0.2) is 16.8 Å². The molecular formula is C21H24N2O12S4. The predicted molar refractivity (Wildman–Crippen MR) is 136 cm³/mol. The minimum Gasteiger partial charge on any atom is -0.289 e. The van der Waals surface area contributed by atoms with Gasteiger partial charge >= 0.3 is 20.6 Å². The van der Waals surface area contributed by atoms with E-state index in [1.165, 1.54) is 26.8 Å². The van der Waals surface area contributed by atoms with Gasteiger partial charge in [-0.1, -0.05) is 27.3 Å². The highest BCUT2D eigenvalue weighted by molar-refractivity contribution is 8.02. The number of rotatable bonds is 10. The highest BCUT2D eigenvalue weighted by atomic mass is 32.3. The van der Waals surface area contributed by atoms with E-state index in [1.54, 1.807) is 0 Å². The lowest BCUT2D eigenvalue weighted by atomic mass is 9.83. The number of benzene rings is 2. The van der Waals surface area contributed by atoms with E-state index >= 15 is 0 Å². The number of ketones is 2. The number of sulfonamides is 2. The van der Waals surface area contributed by atoms with E-state index < -0.39 is 91.8 Å². The summed E-state index contributed by atoms with van der Waals surface area (Å²) >= 11 is 0. The van der Waals surface area contributed by atoms with Crippen molar-refractivity contribution in [2.75, 3.05) is 13.1 Å². The summed E-state index contributed by atoms with van der Waals surface area (Å²) in [6.07, 6.45) is -0.0662. The smallest absolute Gasteiger partial charge is 0.289 e. The summed E-state index contributed by atoms with van der Waals surface area (Å²) in [6.45, 7) is 2.78. The van der Waals surface area contributed by atoms with Crippen molar-refractivity contribution < 1.29 is 52.4 Å². The summed E-state index contributed by atoms with van der Waals surface area (Å²) in [5.41, 5.74) is -2.23. The van der Waals surface area contributed by atoms with Crippen LogP contribution in [0.5, 0.6) is 0 Å². The molecule has 2 aromatic carbocycles. The van der Waals surface area contributed by atoms with Crippen molar-refractivity contribution >= 4 is 52.2 Å². The molecule has 0 aromatic heterocycles. The Morgan fingerprint density at radius 2 is 1.15 bits per heavy atom. The van der Waals surface area contributed by atoms with E-state index in [4.69, 9.17) is 0 Å². The molecule has 18 heteroatoms. The van der Waals surface area contributed by atoms with E-state index in [1.807, 2.05) is 0 Å². The topological polar surface area (TPSA) is 218 Å². The van der Waals surface area contributed by atoms with Gasteiger partial charge < -0.3 is 0 Å². The number of fused-ring (bicyclic) bond motifs is 2. The second-order valence-corrected chi connectivity index (χ2v) is 15.3. The third-order valence-corrected chi connectivity index (χ3v) is 12.8. The number of aryl methyl sites for hydroxylation is 1. The highest BCUT2D eigenvalue weighted by Gasteiger charge is 2.42. The van der Waals surface area contributed by atoms with Crippen LogP contribution in [0.15, 0.2) is 40.1 Å². The molecule has 1 aliphatic carbocycles. The number of hydrogen-bond donors (Lipinski definition) is 2. The van der Waals surface area contributed by atoms with Gasteiger partial charge in [0.1, 0.15) is 0 Å². The molecule has 39 heavy (non-hydrogen) atoms. The van der Waals surface area contributed by atoms with Crippen LogP contribution >= 0.6 is 0 Å². The van der Waals surface area contributed by atoms with Crippen molar-refractivity contribution in [1.29, 1.82) is 0 Å². The Labute approximate surface area is 226 Å². The Kier molecular flexibility index (Phi) is 8.28. The first kappa shape index (κ1) is 31.0. The first-order valence-corrected chi connectivity index (χ1v) is 16.9. The standard InChI is InChI=1S/C21H24N2O12S4/c1-4-10-22(38(30,31)32)36(26,27)14-7-9-15-17(12-14)20(25)18-16(19(15)24)8-6-13(3)21(18)37(28,29)23(11-5-2)39(33,34)35/h6-9,12H,4-5,10-11H2,1-3H3,(H,30,31,32)(H,33,34,35). The van der Waals surface area contributed by atoms with Gasteiger partial charge in [0.15, 0.2) is 11.6 Å². The summed E-state index contributed by atoms with van der Waals surface area (Å²) in [5.74, 6) is -2.06. The monoisotopic (exact) mass is 624 g/mol. The van der Waals surface area contributed by atoms with Crippen LogP contribution in [-0.4, -0.2) is 74.9 Å². The molecular weight excluding hydrogens is 601 g/mol. The van der Waals surface area contributed by atoms with Crippen LogP contribution in [0.4, 0.5) is 0 Å². The SMILES string of the molecule is CCCN(S(=O)(=O)O)S(=O)(=O)c1ccc2c(c1)C(=O)c1c(ccc(C)c1S(=O)(=O)N(CCC)S(=O)(=O)O)C2=O. The molecule has 214 valence electrons. The zero-order chi connectivity index (χ0) is 29.7. The number of carbonyl (C=O) groups excluding carboxylic acids is 2. The molecule has 14 nitrogen and oxygen atoms in total. The minimum absolute atomic E-state index is 0.0166. The fourth-order valence-corrected chi connectivity index (χ4v) is 10.1. The Balaban J connectivity index is 2.33. The molecule has 0 atom stereocenters. The van der Waals surface area contributed by atoms with Crippen LogP contribution in [0.25, 0.3) is 0 Å². The molecule has 0 unspecified atom stereocenters. The third kappa shape index (κ3) is 5.42. The van der Waals surface area contributed by atoms with E-state index in [2.05, 4.69) is 0 Å². The molecule has 0 spiro atoms. The van der Waals surface area contributed by atoms with Crippen molar-refractivity contribution in [3.05, 3.63) is 58.1 Å². The Bertz CT molecular complexity index is 1810. The molecule has 0 radical (unpaired) electrons. The lowest BCUT2D eigenvalue weighted by Gasteiger charge is -2.25. The predicted octanol–water partition coefficient (Wildman–Crippen LogP) is 1.18. The van der Waals surface area contributed by atoms with Crippen LogP contribution in [0.3, 0.4) is 0 Å². The first-order valence-electron chi connectivity index (χ1n) is 11.2. The molecule has 1 aliphatic rings. The van der Waals surface area contributed by atoms with Gasteiger partial charge in [-0.15, -0.1) is 0 Å². The van der Waals surface area contributed by atoms with Crippen LogP contribution in [0.1, 0.15) is 64.1 Å². The fourth-order valence-electron chi connectivity index (χ4n) is 4.09. The lowest BCUT2D eigenvalue weighted by molar-refractivity contribution is 0.0976. The van der Waals surface area contributed by atoms with Gasteiger partial charge in [0, 0.05) is 29.8 Å². The Hall–Kier alpha value is -2.58. The van der Waals surface area contributed by atoms with E-state index in [9.17, 15) is 52.4 Å².